The Balaban J connectivity index is 1.50. The van der Waals surface area contributed by atoms with Gasteiger partial charge in [-0.1, -0.05) is 29.4 Å². The van der Waals surface area contributed by atoms with E-state index in [1.54, 1.807) is 13.0 Å². The highest BCUT2D eigenvalue weighted by atomic mass is 32.2. The second-order valence-electron chi connectivity index (χ2n) is 6.47. The SMILES string of the molecule is Cc1cc(NC(=O)CSCC(=O)N2CCC[C@H]2c2ccccc2C)no1. The number of benzene rings is 1. The number of aromatic nitrogens is 1. The highest BCUT2D eigenvalue weighted by molar-refractivity contribution is 8.00. The lowest BCUT2D eigenvalue weighted by molar-refractivity contribution is -0.129. The monoisotopic (exact) mass is 373 g/mol. The van der Waals surface area contributed by atoms with Crippen molar-refractivity contribution in [2.24, 2.45) is 0 Å². The average molecular weight is 373 g/mol. The number of anilines is 1. The predicted octanol–water partition coefficient (Wildman–Crippen LogP) is 3.33. The minimum absolute atomic E-state index is 0.0887. The van der Waals surface area contributed by atoms with Crippen molar-refractivity contribution in [1.82, 2.24) is 10.1 Å². The molecule has 0 aliphatic carbocycles. The second kappa shape index (κ2) is 8.40. The van der Waals surface area contributed by atoms with E-state index in [-0.39, 0.29) is 23.6 Å². The number of hydrogen-bond acceptors (Lipinski definition) is 5. The Bertz CT molecular complexity index is 790. The van der Waals surface area contributed by atoms with E-state index in [1.807, 2.05) is 17.0 Å². The van der Waals surface area contributed by atoms with Crippen molar-refractivity contribution in [2.75, 3.05) is 23.4 Å². The molecule has 138 valence electrons. The van der Waals surface area contributed by atoms with E-state index < -0.39 is 0 Å². The Morgan fingerprint density at radius 3 is 2.85 bits per heavy atom. The molecule has 1 N–H and O–H groups in total. The Hall–Kier alpha value is -2.28. The third-order valence-corrected chi connectivity index (χ3v) is 5.39. The van der Waals surface area contributed by atoms with E-state index in [2.05, 4.69) is 29.5 Å². The molecule has 26 heavy (non-hydrogen) atoms. The van der Waals surface area contributed by atoms with Gasteiger partial charge >= 0.3 is 0 Å². The average Bonchev–Trinajstić information content (AvgIpc) is 3.24. The third kappa shape index (κ3) is 4.46. The molecule has 1 saturated heterocycles. The van der Waals surface area contributed by atoms with Crippen LogP contribution in [-0.4, -0.2) is 39.9 Å². The molecule has 3 rings (SSSR count). The minimum atomic E-state index is -0.187. The number of nitrogens with one attached hydrogen (secondary N) is 1. The van der Waals surface area contributed by atoms with Crippen LogP contribution in [-0.2, 0) is 9.59 Å². The molecule has 1 atom stereocenters. The van der Waals surface area contributed by atoms with Gasteiger partial charge in [0.25, 0.3) is 0 Å². The molecule has 1 fully saturated rings. The molecule has 2 amide bonds. The predicted molar refractivity (Wildman–Crippen MR) is 102 cm³/mol. The summed E-state index contributed by atoms with van der Waals surface area (Å²) in [7, 11) is 0. The molecule has 2 aromatic rings. The van der Waals surface area contributed by atoms with Crippen LogP contribution < -0.4 is 5.32 Å². The fraction of sp³-hybridized carbons (Fsp3) is 0.421. The maximum atomic E-state index is 12.6. The molecule has 1 aliphatic heterocycles. The lowest BCUT2D eigenvalue weighted by Gasteiger charge is -2.26. The zero-order chi connectivity index (χ0) is 18.5. The molecule has 0 unspecified atom stereocenters. The molecule has 0 saturated carbocycles. The molecule has 0 radical (unpaired) electrons. The third-order valence-electron chi connectivity index (χ3n) is 4.47. The summed E-state index contributed by atoms with van der Waals surface area (Å²) >= 11 is 1.32. The highest BCUT2D eigenvalue weighted by Crippen LogP contribution is 2.34. The first-order chi connectivity index (χ1) is 12.5. The topological polar surface area (TPSA) is 75.4 Å². The summed E-state index contributed by atoms with van der Waals surface area (Å²) in [4.78, 5) is 26.5. The Morgan fingerprint density at radius 2 is 2.12 bits per heavy atom. The van der Waals surface area contributed by atoms with Crippen LogP contribution in [0.2, 0.25) is 0 Å². The smallest absolute Gasteiger partial charge is 0.235 e. The van der Waals surface area contributed by atoms with Crippen LogP contribution in [0.25, 0.3) is 0 Å². The Morgan fingerprint density at radius 1 is 1.31 bits per heavy atom. The summed E-state index contributed by atoms with van der Waals surface area (Å²) in [5, 5.41) is 6.38. The Kier molecular flexibility index (Phi) is 5.98. The van der Waals surface area contributed by atoms with Crippen LogP contribution in [0.4, 0.5) is 5.82 Å². The zero-order valence-electron chi connectivity index (χ0n) is 15.0. The van der Waals surface area contributed by atoms with Crippen LogP contribution in [0, 0.1) is 13.8 Å². The van der Waals surface area contributed by atoms with Gasteiger partial charge in [0.15, 0.2) is 5.82 Å². The summed E-state index contributed by atoms with van der Waals surface area (Å²) in [5.74, 6) is 1.45. The molecular formula is C19H23N3O3S. The van der Waals surface area contributed by atoms with Crippen LogP contribution in [0.1, 0.15) is 35.8 Å². The van der Waals surface area contributed by atoms with Crippen LogP contribution in [0.15, 0.2) is 34.9 Å². The van der Waals surface area contributed by atoms with Gasteiger partial charge in [0, 0.05) is 12.6 Å². The van der Waals surface area contributed by atoms with Crippen molar-refractivity contribution >= 4 is 29.4 Å². The van der Waals surface area contributed by atoms with Gasteiger partial charge in [-0.2, -0.15) is 0 Å². The number of nitrogens with zero attached hydrogens (tertiary/aromatic N) is 2. The normalized spacial score (nSPS) is 16.7. The first-order valence-corrected chi connectivity index (χ1v) is 9.86. The largest absolute Gasteiger partial charge is 0.360 e. The molecule has 1 aromatic heterocycles. The minimum Gasteiger partial charge on any atom is -0.360 e. The number of carbonyl (C=O) groups is 2. The molecule has 2 heterocycles. The molecule has 6 nitrogen and oxygen atoms in total. The number of aryl methyl sites for hydroxylation is 2. The van der Waals surface area contributed by atoms with Gasteiger partial charge in [0.1, 0.15) is 5.76 Å². The summed E-state index contributed by atoms with van der Waals surface area (Å²) in [6.07, 6.45) is 2.01. The summed E-state index contributed by atoms with van der Waals surface area (Å²) in [5.41, 5.74) is 2.44. The standard InChI is InChI=1S/C19H23N3O3S/c1-13-6-3-4-7-15(13)16-8-5-9-22(16)19(24)12-26-11-18(23)20-17-10-14(2)25-21-17/h3-4,6-7,10,16H,5,8-9,11-12H2,1-2H3,(H,20,21,23)/t16-/m0/s1. The lowest BCUT2D eigenvalue weighted by Crippen LogP contribution is -2.32. The molecular weight excluding hydrogens is 350 g/mol. The quantitative estimate of drug-likeness (QED) is 0.841. The first kappa shape index (κ1) is 18.5. The number of carbonyl (C=O) groups excluding carboxylic acids is 2. The maximum Gasteiger partial charge on any atom is 0.235 e. The van der Waals surface area contributed by atoms with Gasteiger partial charge < -0.3 is 14.7 Å². The maximum absolute atomic E-state index is 12.6. The van der Waals surface area contributed by atoms with Crippen molar-refractivity contribution in [3.8, 4) is 0 Å². The van der Waals surface area contributed by atoms with Crippen LogP contribution in [0.3, 0.4) is 0 Å². The number of likely N-dealkylation sites (tertiary alicyclic amines) is 1. The van der Waals surface area contributed by atoms with E-state index in [4.69, 9.17) is 4.52 Å². The zero-order valence-corrected chi connectivity index (χ0v) is 15.8. The van der Waals surface area contributed by atoms with Crippen molar-refractivity contribution in [3.63, 3.8) is 0 Å². The van der Waals surface area contributed by atoms with Crippen molar-refractivity contribution in [1.29, 1.82) is 0 Å². The van der Waals surface area contributed by atoms with E-state index in [9.17, 15) is 9.59 Å². The lowest BCUT2D eigenvalue weighted by atomic mass is 9.99. The number of amides is 2. The van der Waals surface area contributed by atoms with Gasteiger partial charge in [-0.05, 0) is 37.8 Å². The van der Waals surface area contributed by atoms with Gasteiger partial charge in [0.05, 0.1) is 17.5 Å². The van der Waals surface area contributed by atoms with Crippen molar-refractivity contribution in [3.05, 3.63) is 47.2 Å². The molecule has 7 heteroatoms. The van der Waals surface area contributed by atoms with Crippen LogP contribution in [0.5, 0.6) is 0 Å². The van der Waals surface area contributed by atoms with E-state index in [0.717, 1.165) is 19.4 Å². The van der Waals surface area contributed by atoms with Gasteiger partial charge in [0.2, 0.25) is 11.8 Å². The van der Waals surface area contributed by atoms with Crippen molar-refractivity contribution < 1.29 is 14.1 Å². The summed E-state index contributed by atoms with van der Waals surface area (Å²) < 4.78 is 4.91. The number of hydrogen-bond donors (Lipinski definition) is 1. The highest BCUT2D eigenvalue weighted by Gasteiger charge is 2.30. The van der Waals surface area contributed by atoms with Gasteiger partial charge in [-0.25, -0.2) is 0 Å². The summed E-state index contributed by atoms with van der Waals surface area (Å²) in [6, 6.07) is 10.0. The van der Waals surface area contributed by atoms with Crippen molar-refractivity contribution in [2.45, 2.75) is 32.7 Å². The van der Waals surface area contributed by atoms with E-state index >= 15 is 0 Å². The van der Waals surface area contributed by atoms with E-state index in [0.29, 0.717) is 17.3 Å². The second-order valence-corrected chi connectivity index (χ2v) is 7.45. The number of thioether (sulfide) groups is 1. The fourth-order valence-corrected chi connectivity index (χ4v) is 3.97. The molecule has 0 spiro atoms. The molecule has 1 aliphatic rings. The molecule has 1 aromatic carbocycles. The first-order valence-electron chi connectivity index (χ1n) is 8.70. The Labute approximate surface area is 157 Å². The summed E-state index contributed by atoms with van der Waals surface area (Å²) in [6.45, 7) is 4.63. The van der Waals surface area contributed by atoms with E-state index in [1.165, 1.54) is 22.9 Å². The number of rotatable bonds is 6. The fourth-order valence-electron chi connectivity index (χ4n) is 3.27. The van der Waals surface area contributed by atoms with Gasteiger partial charge in [-0.3, -0.25) is 9.59 Å². The van der Waals surface area contributed by atoms with Crippen LogP contribution >= 0.6 is 11.8 Å². The van der Waals surface area contributed by atoms with Gasteiger partial charge in [-0.15, -0.1) is 11.8 Å². The molecule has 0 bridgehead atoms.